The van der Waals surface area contributed by atoms with Crippen molar-refractivity contribution in [1.82, 2.24) is 15.6 Å². The highest BCUT2D eigenvalue weighted by atomic mass is 19.4. The number of halogens is 5. The van der Waals surface area contributed by atoms with Crippen molar-refractivity contribution in [2.75, 3.05) is 7.05 Å². The average molecular weight is 463 g/mol. The van der Waals surface area contributed by atoms with Gasteiger partial charge in [0.15, 0.2) is 0 Å². The largest absolute Gasteiger partial charge is 0.433 e. The standard InChI is InChI=1S/C24H22F5N3O/c1-30-23(33)22(16-7-9-18(25)10-8-16)32-20(17-3-2-4-19(26)13-17)11-5-15-6-12-21(31-14-15)24(27,28)29/h2-4,6-10,12-14,20,22,32H,5,11H2,1H3,(H,30,33)/t20-,22+/m0/s1. The Bertz CT molecular complexity index is 1070. The van der Waals surface area contributed by atoms with Crippen LogP contribution in [0.5, 0.6) is 0 Å². The Hall–Kier alpha value is -3.33. The number of hydrogen-bond donors (Lipinski definition) is 2. The third-order valence-electron chi connectivity index (χ3n) is 5.17. The van der Waals surface area contributed by atoms with Gasteiger partial charge in [-0.1, -0.05) is 30.3 Å². The van der Waals surface area contributed by atoms with Crippen LogP contribution in [-0.4, -0.2) is 17.9 Å². The zero-order valence-corrected chi connectivity index (χ0v) is 17.7. The summed E-state index contributed by atoms with van der Waals surface area (Å²) in [7, 11) is 1.46. The first-order chi connectivity index (χ1) is 15.7. The van der Waals surface area contributed by atoms with Gasteiger partial charge < -0.3 is 5.32 Å². The number of pyridine rings is 1. The van der Waals surface area contributed by atoms with Crippen molar-refractivity contribution < 1.29 is 26.7 Å². The molecule has 1 heterocycles. The Balaban J connectivity index is 1.85. The Morgan fingerprint density at radius 3 is 2.27 bits per heavy atom. The molecule has 9 heteroatoms. The van der Waals surface area contributed by atoms with Gasteiger partial charge in [0.05, 0.1) is 0 Å². The summed E-state index contributed by atoms with van der Waals surface area (Å²) in [6.45, 7) is 0. The van der Waals surface area contributed by atoms with Crippen molar-refractivity contribution in [2.24, 2.45) is 0 Å². The number of alkyl halides is 3. The number of carbonyl (C=O) groups is 1. The number of benzene rings is 2. The van der Waals surface area contributed by atoms with Crippen LogP contribution in [-0.2, 0) is 17.4 Å². The summed E-state index contributed by atoms with van der Waals surface area (Å²) < 4.78 is 65.6. The zero-order chi connectivity index (χ0) is 24.0. The number of carbonyl (C=O) groups excluding carboxylic acids is 1. The van der Waals surface area contributed by atoms with Crippen molar-refractivity contribution in [3.63, 3.8) is 0 Å². The van der Waals surface area contributed by atoms with Crippen molar-refractivity contribution in [3.8, 4) is 0 Å². The highest BCUT2D eigenvalue weighted by Gasteiger charge is 2.32. The van der Waals surface area contributed by atoms with Gasteiger partial charge in [-0.15, -0.1) is 0 Å². The molecule has 1 aromatic heterocycles. The molecule has 2 atom stereocenters. The Labute approximate surface area is 187 Å². The summed E-state index contributed by atoms with van der Waals surface area (Å²) in [5.41, 5.74) is 0.644. The predicted molar refractivity (Wildman–Crippen MR) is 113 cm³/mol. The van der Waals surface area contributed by atoms with Gasteiger partial charge in [-0.2, -0.15) is 13.2 Å². The van der Waals surface area contributed by atoms with Gasteiger partial charge in [-0.3, -0.25) is 15.1 Å². The van der Waals surface area contributed by atoms with Crippen molar-refractivity contribution >= 4 is 5.91 Å². The quantitative estimate of drug-likeness (QED) is 0.456. The van der Waals surface area contributed by atoms with Crippen LogP contribution in [0, 0.1) is 11.6 Å². The van der Waals surface area contributed by atoms with E-state index in [9.17, 15) is 26.7 Å². The van der Waals surface area contributed by atoms with Gasteiger partial charge in [0.1, 0.15) is 23.4 Å². The first-order valence-electron chi connectivity index (χ1n) is 10.2. The molecule has 0 aliphatic rings. The highest BCUT2D eigenvalue weighted by molar-refractivity contribution is 5.83. The maximum atomic E-state index is 13.9. The van der Waals surface area contributed by atoms with E-state index < -0.39 is 35.6 Å². The molecule has 3 rings (SSSR count). The number of nitrogens with zero attached hydrogens (tertiary/aromatic N) is 1. The first-order valence-corrected chi connectivity index (χ1v) is 10.2. The van der Waals surface area contributed by atoms with Crippen LogP contribution in [0.4, 0.5) is 22.0 Å². The number of nitrogens with one attached hydrogen (secondary N) is 2. The second-order valence-electron chi connectivity index (χ2n) is 7.46. The summed E-state index contributed by atoms with van der Waals surface area (Å²) >= 11 is 0. The van der Waals surface area contributed by atoms with Crippen molar-refractivity contribution in [3.05, 3.63) is 101 Å². The van der Waals surface area contributed by atoms with Gasteiger partial charge in [0.25, 0.3) is 0 Å². The van der Waals surface area contributed by atoms with Gasteiger partial charge >= 0.3 is 6.18 Å². The lowest BCUT2D eigenvalue weighted by Crippen LogP contribution is -2.38. The predicted octanol–water partition coefficient (Wildman–Crippen LogP) is 5.13. The minimum Gasteiger partial charge on any atom is -0.358 e. The molecule has 0 fully saturated rings. The molecule has 0 saturated carbocycles. The van der Waals surface area contributed by atoms with E-state index in [0.29, 0.717) is 29.5 Å². The Morgan fingerprint density at radius 1 is 0.970 bits per heavy atom. The molecule has 1 amide bonds. The van der Waals surface area contributed by atoms with Crippen LogP contribution < -0.4 is 10.6 Å². The molecule has 0 saturated heterocycles. The fourth-order valence-electron chi connectivity index (χ4n) is 3.44. The maximum absolute atomic E-state index is 13.9. The lowest BCUT2D eigenvalue weighted by molar-refractivity contribution is -0.141. The van der Waals surface area contributed by atoms with Gasteiger partial charge in [0, 0.05) is 19.3 Å². The Morgan fingerprint density at radius 2 is 1.70 bits per heavy atom. The molecule has 2 N–H and O–H groups in total. The van der Waals surface area contributed by atoms with Crippen LogP contribution >= 0.6 is 0 Å². The molecule has 174 valence electrons. The summed E-state index contributed by atoms with van der Waals surface area (Å²) in [5, 5.41) is 5.74. The van der Waals surface area contributed by atoms with Crippen LogP contribution in [0.15, 0.2) is 66.9 Å². The number of aromatic nitrogens is 1. The van der Waals surface area contributed by atoms with E-state index in [2.05, 4.69) is 15.6 Å². The summed E-state index contributed by atoms with van der Waals surface area (Å²) in [5.74, 6) is -1.29. The van der Waals surface area contributed by atoms with E-state index in [1.54, 1.807) is 6.07 Å². The van der Waals surface area contributed by atoms with E-state index in [4.69, 9.17) is 0 Å². The van der Waals surface area contributed by atoms with E-state index in [1.807, 2.05) is 0 Å². The van der Waals surface area contributed by atoms with E-state index in [1.165, 1.54) is 55.6 Å². The minimum absolute atomic E-state index is 0.323. The zero-order valence-electron chi connectivity index (χ0n) is 17.7. The SMILES string of the molecule is CNC(=O)[C@H](N[C@@H](CCc1ccc(C(F)(F)F)nc1)c1cccc(F)c1)c1ccc(F)cc1. The second kappa shape index (κ2) is 10.5. The first kappa shape index (κ1) is 24.3. The van der Waals surface area contributed by atoms with Gasteiger partial charge in [-0.25, -0.2) is 8.78 Å². The summed E-state index contributed by atoms with van der Waals surface area (Å²) in [6, 6.07) is 12.1. The third kappa shape index (κ3) is 6.58. The van der Waals surface area contributed by atoms with Gasteiger partial charge in [-0.05, 0) is 59.9 Å². The molecule has 3 aromatic rings. The van der Waals surface area contributed by atoms with Crippen LogP contribution in [0.1, 0.15) is 40.9 Å². The molecule has 0 aliphatic carbocycles. The number of amides is 1. The average Bonchev–Trinajstić information content (AvgIpc) is 2.79. The molecule has 0 radical (unpaired) electrons. The number of aryl methyl sites for hydroxylation is 1. The smallest absolute Gasteiger partial charge is 0.358 e. The monoisotopic (exact) mass is 463 g/mol. The maximum Gasteiger partial charge on any atom is 0.433 e. The molecule has 4 nitrogen and oxygen atoms in total. The van der Waals surface area contributed by atoms with E-state index in [0.717, 1.165) is 12.3 Å². The fraction of sp³-hybridized carbons (Fsp3) is 0.250. The Kier molecular flexibility index (Phi) is 7.75. The topological polar surface area (TPSA) is 54.0 Å². The molecule has 0 spiro atoms. The van der Waals surface area contributed by atoms with E-state index >= 15 is 0 Å². The highest BCUT2D eigenvalue weighted by Crippen LogP contribution is 2.28. The fourth-order valence-corrected chi connectivity index (χ4v) is 3.44. The van der Waals surface area contributed by atoms with Crippen molar-refractivity contribution in [1.29, 1.82) is 0 Å². The van der Waals surface area contributed by atoms with Crippen LogP contribution in [0.3, 0.4) is 0 Å². The molecule has 33 heavy (non-hydrogen) atoms. The van der Waals surface area contributed by atoms with Crippen LogP contribution in [0.25, 0.3) is 0 Å². The van der Waals surface area contributed by atoms with Crippen LogP contribution in [0.2, 0.25) is 0 Å². The van der Waals surface area contributed by atoms with Gasteiger partial charge in [0.2, 0.25) is 5.91 Å². The number of likely N-dealkylation sites (N-methyl/N-ethyl adjacent to an activating group) is 1. The van der Waals surface area contributed by atoms with E-state index in [-0.39, 0.29) is 5.91 Å². The lowest BCUT2D eigenvalue weighted by Gasteiger charge is -2.26. The lowest BCUT2D eigenvalue weighted by atomic mass is 9.96. The molecule has 0 aliphatic heterocycles. The number of hydrogen-bond acceptors (Lipinski definition) is 3. The number of rotatable bonds is 8. The third-order valence-corrected chi connectivity index (χ3v) is 5.17. The molecule has 2 aromatic carbocycles. The second-order valence-corrected chi connectivity index (χ2v) is 7.46. The summed E-state index contributed by atoms with van der Waals surface area (Å²) in [4.78, 5) is 16.0. The molecular formula is C24H22F5N3O. The molecular weight excluding hydrogens is 441 g/mol. The normalized spacial score (nSPS) is 13.4. The minimum atomic E-state index is -4.53. The molecule has 0 bridgehead atoms. The van der Waals surface area contributed by atoms with Crippen molar-refractivity contribution in [2.45, 2.75) is 31.1 Å². The summed E-state index contributed by atoms with van der Waals surface area (Å²) in [6.07, 6.45) is -2.71. The molecule has 0 unspecified atom stereocenters.